The molecule has 2 N–H and O–H groups in total. The van der Waals surface area contributed by atoms with Gasteiger partial charge in [-0.1, -0.05) is 12.1 Å². The van der Waals surface area contributed by atoms with Gasteiger partial charge in [0.2, 0.25) is 0 Å². The maximum atomic E-state index is 12.4. The number of nitrogens with zero attached hydrogens (tertiary/aromatic N) is 1. The number of esters is 1. The van der Waals surface area contributed by atoms with E-state index in [1.807, 2.05) is 18.7 Å². The SMILES string of the molecule is C[C@@H]1CCC[C@@H](C)N1C(=O)COC(=O)c1ccccc1NCCO. The van der Waals surface area contributed by atoms with Crippen molar-refractivity contribution in [2.24, 2.45) is 0 Å². The molecule has 1 aliphatic rings. The highest BCUT2D eigenvalue weighted by Crippen LogP contribution is 2.23. The van der Waals surface area contributed by atoms with Crippen LogP contribution in [0, 0.1) is 0 Å². The van der Waals surface area contributed by atoms with Crippen LogP contribution in [-0.2, 0) is 9.53 Å². The van der Waals surface area contributed by atoms with Crippen LogP contribution in [0.5, 0.6) is 0 Å². The summed E-state index contributed by atoms with van der Waals surface area (Å²) in [6.45, 7) is 4.12. The second-order valence-electron chi connectivity index (χ2n) is 6.20. The summed E-state index contributed by atoms with van der Waals surface area (Å²) in [4.78, 5) is 26.5. The minimum Gasteiger partial charge on any atom is -0.452 e. The summed E-state index contributed by atoms with van der Waals surface area (Å²) in [7, 11) is 0. The average Bonchev–Trinajstić information content (AvgIpc) is 2.58. The number of piperidine rings is 1. The first-order chi connectivity index (χ1) is 11.5. The van der Waals surface area contributed by atoms with E-state index in [9.17, 15) is 9.59 Å². The zero-order chi connectivity index (χ0) is 17.5. The van der Waals surface area contributed by atoms with E-state index in [2.05, 4.69) is 5.32 Å². The Hall–Kier alpha value is -2.08. The number of carbonyl (C=O) groups excluding carboxylic acids is 2. The van der Waals surface area contributed by atoms with Gasteiger partial charge >= 0.3 is 5.97 Å². The highest BCUT2D eigenvalue weighted by Gasteiger charge is 2.29. The van der Waals surface area contributed by atoms with E-state index in [1.165, 1.54) is 0 Å². The molecule has 2 rings (SSSR count). The Bertz CT molecular complexity index is 566. The fourth-order valence-corrected chi connectivity index (χ4v) is 3.20. The Kier molecular flexibility index (Phi) is 6.61. The van der Waals surface area contributed by atoms with Crippen molar-refractivity contribution in [1.82, 2.24) is 4.90 Å². The van der Waals surface area contributed by atoms with Crippen molar-refractivity contribution < 1.29 is 19.4 Å². The maximum Gasteiger partial charge on any atom is 0.340 e. The first kappa shape index (κ1) is 18.3. The number of hydrogen-bond donors (Lipinski definition) is 2. The molecule has 0 radical (unpaired) electrons. The zero-order valence-corrected chi connectivity index (χ0v) is 14.3. The second-order valence-corrected chi connectivity index (χ2v) is 6.20. The molecule has 1 aromatic rings. The number of carbonyl (C=O) groups is 2. The van der Waals surface area contributed by atoms with Crippen molar-refractivity contribution in [2.45, 2.75) is 45.2 Å². The lowest BCUT2D eigenvalue weighted by Gasteiger charge is -2.38. The molecule has 1 aromatic carbocycles. The van der Waals surface area contributed by atoms with Crippen LogP contribution in [0.2, 0.25) is 0 Å². The molecule has 0 bridgehead atoms. The van der Waals surface area contributed by atoms with Gasteiger partial charge in [0.15, 0.2) is 6.61 Å². The predicted molar refractivity (Wildman–Crippen MR) is 91.9 cm³/mol. The topological polar surface area (TPSA) is 78.9 Å². The molecule has 0 aliphatic carbocycles. The third kappa shape index (κ3) is 4.47. The van der Waals surface area contributed by atoms with E-state index in [0.29, 0.717) is 17.8 Å². The van der Waals surface area contributed by atoms with Crippen molar-refractivity contribution >= 4 is 17.6 Å². The fraction of sp³-hybridized carbons (Fsp3) is 0.556. The second kappa shape index (κ2) is 8.68. The molecule has 1 amide bonds. The van der Waals surface area contributed by atoms with Crippen LogP contribution in [0.25, 0.3) is 0 Å². The number of likely N-dealkylation sites (tertiary alicyclic amines) is 1. The summed E-state index contributed by atoms with van der Waals surface area (Å²) in [6, 6.07) is 7.26. The van der Waals surface area contributed by atoms with Gasteiger partial charge < -0.3 is 20.1 Å². The summed E-state index contributed by atoms with van der Waals surface area (Å²) < 4.78 is 5.23. The minimum absolute atomic E-state index is 0.0351. The van der Waals surface area contributed by atoms with E-state index in [-0.39, 0.29) is 31.2 Å². The molecule has 132 valence electrons. The van der Waals surface area contributed by atoms with Gasteiger partial charge in [-0.15, -0.1) is 0 Å². The lowest BCUT2D eigenvalue weighted by Crippen LogP contribution is -2.49. The molecule has 0 unspecified atom stereocenters. The van der Waals surface area contributed by atoms with Gasteiger partial charge in [-0.25, -0.2) is 4.79 Å². The lowest BCUT2D eigenvalue weighted by atomic mass is 9.97. The van der Waals surface area contributed by atoms with Gasteiger partial charge in [-0.05, 0) is 45.2 Å². The van der Waals surface area contributed by atoms with Crippen LogP contribution in [0.15, 0.2) is 24.3 Å². The van der Waals surface area contributed by atoms with Crippen LogP contribution < -0.4 is 5.32 Å². The Labute approximate surface area is 142 Å². The summed E-state index contributed by atoms with van der Waals surface area (Å²) >= 11 is 0. The Balaban J connectivity index is 1.96. The van der Waals surface area contributed by atoms with E-state index >= 15 is 0 Å². The van der Waals surface area contributed by atoms with E-state index < -0.39 is 5.97 Å². The van der Waals surface area contributed by atoms with Gasteiger partial charge in [0.1, 0.15) is 0 Å². The first-order valence-electron chi connectivity index (χ1n) is 8.46. The molecule has 0 aromatic heterocycles. The molecule has 1 aliphatic heterocycles. The van der Waals surface area contributed by atoms with Gasteiger partial charge in [-0.3, -0.25) is 4.79 Å². The molecule has 1 heterocycles. The van der Waals surface area contributed by atoms with Crippen molar-refractivity contribution in [1.29, 1.82) is 0 Å². The normalized spacial score (nSPS) is 20.5. The maximum absolute atomic E-state index is 12.4. The Morgan fingerprint density at radius 1 is 1.25 bits per heavy atom. The van der Waals surface area contributed by atoms with Crippen LogP contribution in [0.4, 0.5) is 5.69 Å². The molecule has 0 spiro atoms. The molecule has 6 heteroatoms. The zero-order valence-electron chi connectivity index (χ0n) is 14.3. The number of hydrogen-bond acceptors (Lipinski definition) is 5. The quantitative estimate of drug-likeness (QED) is 0.778. The lowest BCUT2D eigenvalue weighted by molar-refractivity contribution is -0.140. The van der Waals surface area contributed by atoms with E-state index in [1.54, 1.807) is 24.3 Å². The molecule has 1 saturated heterocycles. The highest BCUT2D eigenvalue weighted by atomic mass is 16.5. The van der Waals surface area contributed by atoms with E-state index in [4.69, 9.17) is 9.84 Å². The third-order valence-corrected chi connectivity index (χ3v) is 4.38. The average molecular weight is 334 g/mol. The number of nitrogens with one attached hydrogen (secondary N) is 1. The number of amides is 1. The number of anilines is 1. The van der Waals surface area contributed by atoms with Gasteiger partial charge in [0.25, 0.3) is 5.91 Å². The van der Waals surface area contributed by atoms with Gasteiger partial charge in [0, 0.05) is 24.3 Å². The number of para-hydroxylation sites is 1. The Morgan fingerprint density at radius 2 is 1.92 bits per heavy atom. The van der Waals surface area contributed by atoms with Crippen LogP contribution in [-0.4, -0.2) is 53.7 Å². The number of aliphatic hydroxyl groups excluding tert-OH is 1. The largest absolute Gasteiger partial charge is 0.452 e. The molecule has 0 saturated carbocycles. The van der Waals surface area contributed by atoms with Crippen LogP contribution in [0.1, 0.15) is 43.5 Å². The molecular weight excluding hydrogens is 308 g/mol. The van der Waals surface area contributed by atoms with Crippen molar-refractivity contribution in [2.75, 3.05) is 25.1 Å². The third-order valence-electron chi connectivity index (χ3n) is 4.38. The van der Waals surface area contributed by atoms with Gasteiger partial charge in [0.05, 0.1) is 12.2 Å². The van der Waals surface area contributed by atoms with Crippen molar-refractivity contribution in [3.05, 3.63) is 29.8 Å². The number of ether oxygens (including phenoxy) is 1. The highest BCUT2D eigenvalue weighted by molar-refractivity contribution is 5.96. The first-order valence-corrected chi connectivity index (χ1v) is 8.46. The summed E-state index contributed by atoms with van der Waals surface area (Å²) in [5.41, 5.74) is 0.946. The monoisotopic (exact) mass is 334 g/mol. The molecular formula is C18H26N2O4. The number of aliphatic hydroxyl groups is 1. The van der Waals surface area contributed by atoms with Crippen molar-refractivity contribution in [3.8, 4) is 0 Å². The Morgan fingerprint density at radius 3 is 2.58 bits per heavy atom. The van der Waals surface area contributed by atoms with Gasteiger partial charge in [-0.2, -0.15) is 0 Å². The predicted octanol–water partition coefficient (Wildman–Crippen LogP) is 2.04. The summed E-state index contributed by atoms with van der Waals surface area (Å²) in [6.07, 6.45) is 3.09. The number of rotatable bonds is 6. The smallest absolute Gasteiger partial charge is 0.340 e. The summed E-state index contributed by atoms with van der Waals surface area (Å²) in [5.74, 6) is -0.689. The molecule has 2 atom stereocenters. The van der Waals surface area contributed by atoms with E-state index in [0.717, 1.165) is 19.3 Å². The summed E-state index contributed by atoms with van der Waals surface area (Å²) in [5, 5.41) is 11.9. The van der Waals surface area contributed by atoms with Crippen molar-refractivity contribution in [3.63, 3.8) is 0 Å². The minimum atomic E-state index is -0.540. The van der Waals surface area contributed by atoms with Crippen LogP contribution >= 0.6 is 0 Å². The van der Waals surface area contributed by atoms with Crippen LogP contribution in [0.3, 0.4) is 0 Å². The molecule has 24 heavy (non-hydrogen) atoms. The number of benzene rings is 1. The fourth-order valence-electron chi connectivity index (χ4n) is 3.20. The molecule has 6 nitrogen and oxygen atoms in total. The standard InChI is InChI=1S/C18H26N2O4/c1-13-6-5-7-14(2)20(13)17(22)12-24-18(23)15-8-3-4-9-16(15)19-10-11-21/h3-4,8-9,13-14,19,21H,5-7,10-12H2,1-2H3/t13-,14-/m1/s1. The molecule has 1 fully saturated rings.